The first-order valence-electron chi connectivity index (χ1n) is 6.60. The van der Waals surface area contributed by atoms with E-state index in [9.17, 15) is 4.79 Å². The van der Waals surface area contributed by atoms with Crippen LogP contribution in [0.5, 0.6) is 5.75 Å². The van der Waals surface area contributed by atoms with E-state index in [-0.39, 0.29) is 12.0 Å². The van der Waals surface area contributed by atoms with Gasteiger partial charge in [-0.15, -0.1) is 13.2 Å². The molecule has 1 saturated heterocycles. The fraction of sp³-hybridized carbons (Fsp3) is 0.312. The van der Waals surface area contributed by atoms with Crippen LogP contribution in [0, 0.1) is 0 Å². The van der Waals surface area contributed by atoms with E-state index in [0.29, 0.717) is 31.0 Å². The minimum Gasteiger partial charge on any atom is -0.490 e. The summed E-state index contributed by atoms with van der Waals surface area (Å²) in [6.07, 6.45) is 3.56. The molecule has 0 N–H and O–H groups in total. The normalized spacial score (nSPS) is 16.3. The SMILES string of the molecule is C=CCN(CC=C)C(=O)c1ccccc1OCC1CO1. The van der Waals surface area contributed by atoms with Crippen LogP contribution in [-0.4, -0.2) is 43.2 Å². The maximum Gasteiger partial charge on any atom is 0.258 e. The first-order valence-corrected chi connectivity index (χ1v) is 6.60. The van der Waals surface area contributed by atoms with Gasteiger partial charge in [-0.3, -0.25) is 4.79 Å². The Labute approximate surface area is 119 Å². The molecular weight excluding hydrogens is 254 g/mol. The summed E-state index contributed by atoms with van der Waals surface area (Å²) >= 11 is 0. The number of rotatable bonds is 8. The van der Waals surface area contributed by atoms with Gasteiger partial charge in [-0.1, -0.05) is 24.3 Å². The molecule has 1 atom stereocenters. The fourth-order valence-electron chi connectivity index (χ4n) is 1.84. The van der Waals surface area contributed by atoms with E-state index in [1.807, 2.05) is 12.1 Å². The predicted molar refractivity (Wildman–Crippen MR) is 78.0 cm³/mol. The highest BCUT2D eigenvalue weighted by Crippen LogP contribution is 2.21. The molecule has 1 heterocycles. The fourth-order valence-corrected chi connectivity index (χ4v) is 1.84. The van der Waals surface area contributed by atoms with Crippen LogP contribution < -0.4 is 4.74 Å². The zero-order valence-corrected chi connectivity index (χ0v) is 11.5. The minimum atomic E-state index is -0.0860. The van der Waals surface area contributed by atoms with Gasteiger partial charge in [0.15, 0.2) is 0 Å². The van der Waals surface area contributed by atoms with Crippen molar-refractivity contribution >= 4 is 5.91 Å². The molecule has 1 fully saturated rings. The molecule has 1 aromatic carbocycles. The molecule has 0 aliphatic carbocycles. The van der Waals surface area contributed by atoms with Crippen LogP contribution >= 0.6 is 0 Å². The standard InChI is InChI=1S/C16H19NO3/c1-3-9-17(10-4-2)16(18)14-7-5-6-8-15(14)20-12-13-11-19-13/h3-8,13H,1-2,9-12H2. The molecular formula is C16H19NO3. The third-order valence-corrected chi connectivity index (χ3v) is 2.93. The van der Waals surface area contributed by atoms with E-state index in [4.69, 9.17) is 9.47 Å². The van der Waals surface area contributed by atoms with Crippen LogP contribution in [0.1, 0.15) is 10.4 Å². The van der Waals surface area contributed by atoms with Crippen molar-refractivity contribution in [3.63, 3.8) is 0 Å². The van der Waals surface area contributed by atoms with Crippen LogP contribution in [0.25, 0.3) is 0 Å². The molecule has 106 valence electrons. The van der Waals surface area contributed by atoms with Gasteiger partial charge in [0.05, 0.1) is 12.2 Å². The summed E-state index contributed by atoms with van der Waals surface area (Å²) in [5, 5.41) is 0. The maximum absolute atomic E-state index is 12.5. The van der Waals surface area contributed by atoms with Crippen molar-refractivity contribution in [2.45, 2.75) is 6.10 Å². The molecule has 1 amide bonds. The van der Waals surface area contributed by atoms with Crippen LogP contribution in [0.2, 0.25) is 0 Å². The predicted octanol–water partition coefficient (Wildman–Crippen LogP) is 2.28. The number of carbonyl (C=O) groups excluding carboxylic acids is 1. The lowest BCUT2D eigenvalue weighted by Crippen LogP contribution is -2.31. The Morgan fingerprint density at radius 1 is 1.35 bits per heavy atom. The number of hydrogen-bond acceptors (Lipinski definition) is 3. The van der Waals surface area contributed by atoms with Crippen LogP contribution in [-0.2, 0) is 4.74 Å². The first kappa shape index (κ1) is 14.3. The zero-order valence-electron chi connectivity index (χ0n) is 11.5. The molecule has 0 radical (unpaired) electrons. The topological polar surface area (TPSA) is 42.1 Å². The second kappa shape index (κ2) is 6.91. The van der Waals surface area contributed by atoms with Crippen molar-refractivity contribution in [1.82, 2.24) is 4.90 Å². The first-order chi connectivity index (χ1) is 9.76. The van der Waals surface area contributed by atoms with E-state index >= 15 is 0 Å². The number of nitrogens with zero attached hydrogens (tertiary/aromatic N) is 1. The van der Waals surface area contributed by atoms with Gasteiger partial charge in [0.25, 0.3) is 5.91 Å². The summed E-state index contributed by atoms with van der Waals surface area (Å²) in [5.41, 5.74) is 0.553. The minimum absolute atomic E-state index is 0.0860. The van der Waals surface area contributed by atoms with E-state index < -0.39 is 0 Å². The molecule has 4 heteroatoms. The summed E-state index contributed by atoms with van der Waals surface area (Å²) in [6.45, 7) is 9.51. The number of carbonyl (C=O) groups is 1. The Kier molecular flexibility index (Phi) is 4.96. The van der Waals surface area contributed by atoms with Gasteiger partial charge in [0.2, 0.25) is 0 Å². The number of benzene rings is 1. The Hall–Kier alpha value is -2.07. The van der Waals surface area contributed by atoms with Gasteiger partial charge < -0.3 is 14.4 Å². The molecule has 4 nitrogen and oxygen atoms in total. The van der Waals surface area contributed by atoms with Crippen LogP contribution in [0.3, 0.4) is 0 Å². The molecule has 0 bridgehead atoms. The monoisotopic (exact) mass is 273 g/mol. The lowest BCUT2D eigenvalue weighted by Gasteiger charge is -2.20. The van der Waals surface area contributed by atoms with Gasteiger partial charge in [-0.05, 0) is 12.1 Å². The lowest BCUT2D eigenvalue weighted by atomic mass is 10.1. The molecule has 0 spiro atoms. The van der Waals surface area contributed by atoms with Gasteiger partial charge in [-0.25, -0.2) is 0 Å². The highest BCUT2D eigenvalue weighted by atomic mass is 16.6. The van der Waals surface area contributed by atoms with Gasteiger partial charge in [0.1, 0.15) is 18.5 Å². The quantitative estimate of drug-likeness (QED) is 0.539. The van der Waals surface area contributed by atoms with Crippen molar-refractivity contribution in [3.8, 4) is 5.75 Å². The zero-order chi connectivity index (χ0) is 14.4. The summed E-state index contributed by atoms with van der Waals surface area (Å²) in [4.78, 5) is 14.2. The summed E-state index contributed by atoms with van der Waals surface area (Å²) < 4.78 is 10.8. The molecule has 1 aromatic rings. The van der Waals surface area contributed by atoms with E-state index in [2.05, 4.69) is 13.2 Å². The third-order valence-electron chi connectivity index (χ3n) is 2.93. The highest BCUT2D eigenvalue weighted by molar-refractivity contribution is 5.97. The van der Waals surface area contributed by atoms with Crippen molar-refractivity contribution in [2.24, 2.45) is 0 Å². The van der Waals surface area contributed by atoms with E-state index in [1.165, 1.54) is 0 Å². The van der Waals surface area contributed by atoms with Crippen molar-refractivity contribution < 1.29 is 14.3 Å². The summed E-state index contributed by atoms with van der Waals surface area (Å²) in [6, 6.07) is 7.25. The molecule has 1 aliphatic heterocycles. The molecule has 1 aliphatic rings. The number of amides is 1. The second-order valence-corrected chi connectivity index (χ2v) is 4.55. The Bertz CT molecular complexity index is 484. The highest BCUT2D eigenvalue weighted by Gasteiger charge is 2.24. The Balaban J connectivity index is 2.13. The Morgan fingerprint density at radius 2 is 2.00 bits per heavy atom. The van der Waals surface area contributed by atoms with Gasteiger partial charge in [0, 0.05) is 13.1 Å². The van der Waals surface area contributed by atoms with E-state index in [0.717, 1.165) is 6.61 Å². The molecule has 2 rings (SSSR count). The van der Waals surface area contributed by atoms with Crippen molar-refractivity contribution in [1.29, 1.82) is 0 Å². The third kappa shape index (κ3) is 3.71. The van der Waals surface area contributed by atoms with Crippen LogP contribution in [0.15, 0.2) is 49.6 Å². The van der Waals surface area contributed by atoms with Crippen molar-refractivity contribution in [2.75, 3.05) is 26.3 Å². The largest absolute Gasteiger partial charge is 0.490 e. The van der Waals surface area contributed by atoms with Gasteiger partial charge >= 0.3 is 0 Å². The second-order valence-electron chi connectivity index (χ2n) is 4.55. The van der Waals surface area contributed by atoms with Gasteiger partial charge in [-0.2, -0.15) is 0 Å². The average Bonchev–Trinajstić information content (AvgIpc) is 3.29. The number of epoxide rings is 1. The Morgan fingerprint density at radius 3 is 2.60 bits per heavy atom. The molecule has 20 heavy (non-hydrogen) atoms. The summed E-state index contributed by atoms with van der Waals surface area (Å²) in [7, 11) is 0. The molecule has 1 unspecified atom stereocenters. The smallest absolute Gasteiger partial charge is 0.258 e. The summed E-state index contributed by atoms with van der Waals surface area (Å²) in [5.74, 6) is 0.503. The number of hydrogen-bond donors (Lipinski definition) is 0. The van der Waals surface area contributed by atoms with E-state index in [1.54, 1.807) is 29.2 Å². The van der Waals surface area contributed by atoms with Crippen LogP contribution in [0.4, 0.5) is 0 Å². The number of ether oxygens (including phenoxy) is 2. The van der Waals surface area contributed by atoms with Crippen molar-refractivity contribution in [3.05, 3.63) is 55.1 Å². The molecule has 0 saturated carbocycles. The molecule has 0 aromatic heterocycles. The maximum atomic E-state index is 12.5. The average molecular weight is 273 g/mol. The number of para-hydroxylation sites is 1. The lowest BCUT2D eigenvalue weighted by molar-refractivity contribution is 0.0786.